The van der Waals surface area contributed by atoms with Gasteiger partial charge in [-0.3, -0.25) is 4.79 Å². The van der Waals surface area contributed by atoms with Gasteiger partial charge >= 0.3 is 0 Å². The Hall–Kier alpha value is -1.88. The van der Waals surface area contributed by atoms with Gasteiger partial charge in [-0.25, -0.2) is 4.68 Å². The number of amides is 1. The molecule has 0 N–H and O–H groups in total. The lowest BCUT2D eigenvalue weighted by molar-refractivity contribution is 0.0523. The fraction of sp³-hybridized carbons (Fsp3) is 0.438. The SMILES string of the molecule is O=C(c1ccc(Cl)cc1)N1C2CCC1CC(n1ccnn1)C2. The van der Waals surface area contributed by atoms with Gasteiger partial charge in [-0.1, -0.05) is 16.8 Å². The maximum Gasteiger partial charge on any atom is 0.254 e. The average Bonchev–Trinajstić information content (AvgIpc) is 3.14. The first-order valence-electron chi connectivity index (χ1n) is 7.66. The highest BCUT2D eigenvalue weighted by atomic mass is 35.5. The molecule has 0 radical (unpaired) electrons. The van der Waals surface area contributed by atoms with Crippen LogP contribution < -0.4 is 0 Å². The van der Waals surface area contributed by atoms with Gasteiger partial charge in [0.15, 0.2) is 0 Å². The van der Waals surface area contributed by atoms with Crippen LogP contribution in [0.2, 0.25) is 5.02 Å². The Labute approximate surface area is 133 Å². The van der Waals surface area contributed by atoms with E-state index in [1.165, 1.54) is 0 Å². The summed E-state index contributed by atoms with van der Waals surface area (Å²) in [4.78, 5) is 14.9. The summed E-state index contributed by atoms with van der Waals surface area (Å²) < 4.78 is 1.94. The predicted molar refractivity (Wildman–Crippen MR) is 82.7 cm³/mol. The molecular formula is C16H17ClN4O. The van der Waals surface area contributed by atoms with Gasteiger partial charge in [-0.2, -0.15) is 0 Å². The summed E-state index contributed by atoms with van der Waals surface area (Å²) in [6.45, 7) is 0. The molecule has 22 heavy (non-hydrogen) atoms. The van der Waals surface area contributed by atoms with E-state index in [4.69, 9.17) is 11.6 Å². The predicted octanol–water partition coefficient (Wildman–Crippen LogP) is 2.94. The number of carbonyl (C=O) groups excluding carboxylic acids is 1. The molecule has 2 saturated heterocycles. The number of nitrogens with zero attached hydrogens (tertiary/aromatic N) is 4. The van der Waals surface area contributed by atoms with Crippen molar-refractivity contribution in [2.45, 2.75) is 43.8 Å². The van der Waals surface area contributed by atoms with E-state index in [2.05, 4.69) is 15.2 Å². The highest BCUT2D eigenvalue weighted by Gasteiger charge is 2.44. The quantitative estimate of drug-likeness (QED) is 0.856. The Morgan fingerprint density at radius 2 is 1.77 bits per heavy atom. The molecule has 2 unspecified atom stereocenters. The van der Waals surface area contributed by atoms with Crippen LogP contribution >= 0.6 is 11.6 Å². The minimum atomic E-state index is 0.126. The lowest BCUT2D eigenvalue weighted by Gasteiger charge is -2.38. The number of aromatic nitrogens is 3. The number of hydrogen-bond acceptors (Lipinski definition) is 3. The van der Waals surface area contributed by atoms with Gasteiger partial charge in [0, 0.05) is 28.9 Å². The van der Waals surface area contributed by atoms with E-state index in [1.807, 2.05) is 23.0 Å². The third kappa shape index (κ3) is 2.29. The molecule has 2 bridgehead atoms. The minimum Gasteiger partial charge on any atom is -0.333 e. The van der Waals surface area contributed by atoms with Crippen molar-refractivity contribution >= 4 is 17.5 Å². The Balaban J connectivity index is 1.55. The number of halogens is 1. The van der Waals surface area contributed by atoms with Crippen molar-refractivity contribution in [2.75, 3.05) is 0 Å². The van der Waals surface area contributed by atoms with Crippen LogP contribution in [0.15, 0.2) is 36.7 Å². The zero-order valence-corrected chi connectivity index (χ0v) is 12.9. The monoisotopic (exact) mass is 316 g/mol. The molecule has 1 aromatic carbocycles. The molecule has 114 valence electrons. The first-order chi connectivity index (χ1) is 10.7. The fourth-order valence-corrected chi connectivity index (χ4v) is 3.98. The smallest absolute Gasteiger partial charge is 0.254 e. The van der Waals surface area contributed by atoms with Crippen molar-refractivity contribution in [3.8, 4) is 0 Å². The molecule has 3 heterocycles. The Morgan fingerprint density at radius 1 is 1.09 bits per heavy atom. The van der Waals surface area contributed by atoms with Crippen LogP contribution in [0, 0.1) is 0 Å². The Kier molecular flexibility index (Phi) is 3.37. The highest BCUT2D eigenvalue weighted by molar-refractivity contribution is 6.30. The van der Waals surface area contributed by atoms with Crippen molar-refractivity contribution in [3.63, 3.8) is 0 Å². The molecule has 6 heteroatoms. The zero-order chi connectivity index (χ0) is 15.1. The van der Waals surface area contributed by atoms with Gasteiger partial charge < -0.3 is 4.90 Å². The normalized spacial score (nSPS) is 27.1. The van der Waals surface area contributed by atoms with Gasteiger partial charge in [-0.15, -0.1) is 5.10 Å². The van der Waals surface area contributed by atoms with Crippen molar-refractivity contribution in [2.24, 2.45) is 0 Å². The van der Waals surface area contributed by atoms with Crippen LogP contribution in [0.3, 0.4) is 0 Å². The van der Waals surface area contributed by atoms with Crippen LogP contribution in [0.5, 0.6) is 0 Å². The number of fused-ring (bicyclic) bond motifs is 2. The first-order valence-corrected chi connectivity index (χ1v) is 8.04. The lowest BCUT2D eigenvalue weighted by Crippen LogP contribution is -2.47. The third-order valence-corrected chi connectivity index (χ3v) is 5.10. The maximum absolute atomic E-state index is 12.8. The summed E-state index contributed by atoms with van der Waals surface area (Å²) in [6.07, 6.45) is 7.71. The molecule has 0 aliphatic carbocycles. The van der Waals surface area contributed by atoms with Crippen molar-refractivity contribution in [1.29, 1.82) is 0 Å². The molecule has 4 rings (SSSR count). The number of benzene rings is 1. The topological polar surface area (TPSA) is 51.0 Å². The second kappa shape index (κ2) is 5.39. The van der Waals surface area contributed by atoms with Crippen LogP contribution in [-0.4, -0.2) is 37.9 Å². The van der Waals surface area contributed by atoms with Crippen LogP contribution in [0.25, 0.3) is 0 Å². The summed E-state index contributed by atoms with van der Waals surface area (Å²) in [5.74, 6) is 0.126. The Morgan fingerprint density at radius 3 is 2.36 bits per heavy atom. The summed E-state index contributed by atoms with van der Waals surface area (Å²) in [6, 6.07) is 8.14. The standard InChI is InChI=1S/C16H17ClN4O/c17-12-3-1-11(2-4-12)16(22)21-13-5-6-14(21)10-15(9-13)20-8-7-18-19-20/h1-4,7-8,13-15H,5-6,9-10H2. The molecule has 1 aromatic heterocycles. The van der Waals surface area contributed by atoms with Crippen molar-refractivity contribution in [1.82, 2.24) is 19.9 Å². The van der Waals surface area contributed by atoms with E-state index in [0.717, 1.165) is 31.2 Å². The summed E-state index contributed by atoms with van der Waals surface area (Å²) in [5, 5.41) is 8.68. The van der Waals surface area contributed by atoms with Gasteiger partial charge in [0.05, 0.1) is 12.2 Å². The maximum atomic E-state index is 12.8. The molecule has 0 saturated carbocycles. The van der Waals surface area contributed by atoms with E-state index in [9.17, 15) is 4.79 Å². The molecule has 2 aliphatic heterocycles. The van der Waals surface area contributed by atoms with Crippen molar-refractivity contribution < 1.29 is 4.79 Å². The van der Waals surface area contributed by atoms with Gasteiger partial charge in [0.25, 0.3) is 5.91 Å². The lowest BCUT2D eigenvalue weighted by atomic mass is 9.96. The summed E-state index contributed by atoms with van der Waals surface area (Å²) in [5.41, 5.74) is 0.723. The molecule has 2 aliphatic rings. The number of hydrogen-bond donors (Lipinski definition) is 0. The van der Waals surface area contributed by atoms with Gasteiger partial charge in [0.1, 0.15) is 0 Å². The summed E-state index contributed by atoms with van der Waals surface area (Å²) >= 11 is 5.91. The second-order valence-electron chi connectivity index (χ2n) is 6.11. The number of carbonyl (C=O) groups is 1. The average molecular weight is 317 g/mol. The largest absolute Gasteiger partial charge is 0.333 e. The summed E-state index contributed by atoms with van der Waals surface area (Å²) in [7, 11) is 0. The Bertz CT molecular complexity index is 656. The first kappa shape index (κ1) is 13.8. The molecule has 2 aromatic rings. The zero-order valence-electron chi connectivity index (χ0n) is 12.1. The van der Waals surface area contributed by atoms with E-state index in [1.54, 1.807) is 18.3 Å². The highest BCUT2D eigenvalue weighted by Crippen LogP contribution is 2.41. The van der Waals surface area contributed by atoms with E-state index >= 15 is 0 Å². The molecule has 2 fully saturated rings. The fourth-order valence-electron chi connectivity index (χ4n) is 3.85. The van der Waals surface area contributed by atoms with Crippen LogP contribution in [0.4, 0.5) is 0 Å². The number of rotatable bonds is 2. The van der Waals surface area contributed by atoms with E-state index < -0.39 is 0 Å². The molecule has 1 amide bonds. The molecule has 2 atom stereocenters. The van der Waals surface area contributed by atoms with E-state index in [0.29, 0.717) is 23.1 Å². The minimum absolute atomic E-state index is 0.126. The molecule has 5 nitrogen and oxygen atoms in total. The molecule has 0 spiro atoms. The van der Waals surface area contributed by atoms with Gasteiger partial charge in [0.2, 0.25) is 0 Å². The molecular weight excluding hydrogens is 300 g/mol. The number of piperidine rings is 1. The third-order valence-electron chi connectivity index (χ3n) is 4.85. The van der Waals surface area contributed by atoms with Crippen LogP contribution in [0.1, 0.15) is 42.1 Å². The van der Waals surface area contributed by atoms with Crippen LogP contribution in [-0.2, 0) is 0 Å². The second-order valence-corrected chi connectivity index (χ2v) is 6.55. The van der Waals surface area contributed by atoms with E-state index in [-0.39, 0.29) is 5.91 Å². The van der Waals surface area contributed by atoms with Gasteiger partial charge in [-0.05, 0) is 49.9 Å². The van der Waals surface area contributed by atoms with Crippen molar-refractivity contribution in [3.05, 3.63) is 47.2 Å².